The standard InChI is InChI=1S/C27H33F4N5O4S/c1-16-12-22(33-23(32-16)17-4-6-27(30,31)7-5-17)34-24(38)20-3-2-19(35-41(39,40)11-10-37)13-21(20)36-9-8-26(25(28)29)14-18(26)15-36/h2-3,12-13,17-18,25,35,37H,4-11,14-15H2,1H3,(H,32,33,34,38)/t18-,26+/m1/s1. The van der Waals surface area contributed by atoms with E-state index in [0.29, 0.717) is 30.2 Å². The zero-order chi connectivity index (χ0) is 29.6. The molecule has 14 heteroatoms. The van der Waals surface area contributed by atoms with Crippen LogP contribution in [-0.2, 0) is 10.0 Å². The molecule has 1 saturated heterocycles. The molecule has 3 fully saturated rings. The van der Waals surface area contributed by atoms with Gasteiger partial charge in [-0.15, -0.1) is 0 Å². The van der Waals surface area contributed by atoms with Crippen molar-refractivity contribution >= 4 is 33.1 Å². The third kappa shape index (κ3) is 6.42. The highest BCUT2D eigenvalue weighted by atomic mass is 32.2. The fourth-order valence-electron chi connectivity index (χ4n) is 5.97. The van der Waals surface area contributed by atoms with Gasteiger partial charge in [0.05, 0.1) is 29.3 Å². The fourth-order valence-corrected chi connectivity index (χ4v) is 6.80. The molecule has 3 aliphatic rings. The third-order valence-corrected chi connectivity index (χ3v) is 9.68. The maximum absolute atomic E-state index is 13.7. The minimum absolute atomic E-state index is 0.167. The van der Waals surface area contributed by atoms with Gasteiger partial charge in [0.15, 0.2) is 0 Å². The van der Waals surface area contributed by atoms with Crippen molar-refractivity contribution in [2.24, 2.45) is 11.3 Å². The van der Waals surface area contributed by atoms with Crippen LogP contribution in [0.25, 0.3) is 0 Å². The van der Waals surface area contributed by atoms with Crippen LogP contribution in [0.3, 0.4) is 0 Å². The van der Waals surface area contributed by atoms with Crippen molar-refractivity contribution in [3.63, 3.8) is 0 Å². The lowest BCUT2D eigenvalue weighted by molar-refractivity contribution is -0.0387. The summed E-state index contributed by atoms with van der Waals surface area (Å²) in [6.45, 7) is 1.70. The third-order valence-electron chi connectivity index (χ3n) is 8.41. The number of amides is 1. The van der Waals surface area contributed by atoms with Crippen LogP contribution >= 0.6 is 0 Å². The number of halogens is 4. The molecular formula is C27H33F4N5O4S. The number of anilines is 3. The summed E-state index contributed by atoms with van der Waals surface area (Å²) in [7, 11) is -3.85. The molecule has 9 nitrogen and oxygen atoms in total. The van der Waals surface area contributed by atoms with Gasteiger partial charge in [0.25, 0.3) is 5.91 Å². The summed E-state index contributed by atoms with van der Waals surface area (Å²) in [5.41, 5.74) is 0.291. The van der Waals surface area contributed by atoms with Gasteiger partial charge in [-0.3, -0.25) is 9.52 Å². The van der Waals surface area contributed by atoms with Crippen molar-refractivity contribution in [2.45, 2.75) is 63.7 Å². The number of fused-ring (bicyclic) bond motifs is 1. The molecule has 224 valence electrons. The molecule has 2 aromatic rings. The van der Waals surface area contributed by atoms with Gasteiger partial charge < -0.3 is 15.3 Å². The summed E-state index contributed by atoms with van der Waals surface area (Å²) in [5, 5.41) is 11.8. The Bertz CT molecular complexity index is 1420. The molecule has 2 heterocycles. The number of nitrogens with one attached hydrogen (secondary N) is 2. The number of sulfonamides is 1. The Hall–Kier alpha value is -3.00. The summed E-state index contributed by atoms with van der Waals surface area (Å²) in [6, 6.07) is 5.91. The summed E-state index contributed by atoms with van der Waals surface area (Å²) < 4.78 is 81.5. The molecule has 2 atom stereocenters. The highest BCUT2D eigenvalue weighted by molar-refractivity contribution is 7.92. The average molecular weight is 600 g/mol. The molecule has 1 amide bonds. The lowest BCUT2D eigenvalue weighted by Crippen LogP contribution is -2.38. The van der Waals surface area contributed by atoms with Gasteiger partial charge in [-0.25, -0.2) is 35.9 Å². The van der Waals surface area contributed by atoms with Gasteiger partial charge in [0, 0.05) is 49.0 Å². The second-order valence-corrected chi connectivity index (χ2v) is 13.2. The van der Waals surface area contributed by atoms with E-state index in [9.17, 15) is 30.8 Å². The first-order valence-electron chi connectivity index (χ1n) is 13.6. The van der Waals surface area contributed by atoms with E-state index in [2.05, 4.69) is 20.0 Å². The second-order valence-electron chi connectivity index (χ2n) is 11.3. The Kier molecular flexibility index (Phi) is 7.92. The van der Waals surface area contributed by atoms with E-state index < -0.39 is 46.1 Å². The Morgan fingerprint density at radius 2 is 1.90 bits per heavy atom. The Morgan fingerprint density at radius 3 is 2.56 bits per heavy atom. The Labute approximate surface area is 235 Å². The molecule has 0 spiro atoms. The molecule has 0 bridgehead atoms. The first-order chi connectivity index (χ1) is 19.3. The molecule has 3 N–H and O–H groups in total. The van der Waals surface area contributed by atoms with E-state index in [1.165, 1.54) is 18.2 Å². The predicted octanol–water partition coefficient (Wildman–Crippen LogP) is 4.55. The number of alkyl halides is 4. The van der Waals surface area contributed by atoms with Crippen LogP contribution in [0.4, 0.5) is 34.8 Å². The number of aliphatic hydroxyl groups is 1. The number of hydrogen-bond acceptors (Lipinski definition) is 7. The number of hydrogen-bond donors (Lipinski definition) is 3. The second kappa shape index (κ2) is 11.0. The number of carbonyl (C=O) groups is 1. The number of rotatable bonds is 9. The highest BCUT2D eigenvalue weighted by Crippen LogP contribution is 2.61. The maximum Gasteiger partial charge on any atom is 0.258 e. The zero-order valence-electron chi connectivity index (χ0n) is 22.5. The summed E-state index contributed by atoms with van der Waals surface area (Å²) in [6.07, 6.45) is -1.83. The summed E-state index contributed by atoms with van der Waals surface area (Å²) in [4.78, 5) is 24.2. The molecule has 2 saturated carbocycles. The van der Waals surface area contributed by atoms with Gasteiger partial charge in [-0.05, 0) is 56.7 Å². The molecule has 0 radical (unpaired) electrons. The van der Waals surface area contributed by atoms with Crippen molar-refractivity contribution in [2.75, 3.05) is 40.4 Å². The first-order valence-corrected chi connectivity index (χ1v) is 15.3. The number of piperidine rings is 1. The first kappa shape index (κ1) is 29.5. The number of aryl methyl sites for hydroxylation is 1. The average Bonchev–Trinajstić information content (AvgIpc) is 3.63. The molecule has 1 aromatic heterocycles. The van der Waals surface area contributed by atoms with E-state index in [-0.39, 0.29) is 67.6 Å². The van der Waals surface area contributed by atoms with E-state index >= 15 is 0 Å². The molecule has 1 aromatic carbocycles. The van der Waals surface area contributed by atoms with Crippen LogP contribution in [0, 0.1) is 18.3 Å². The fraction of sp³-hybridized carbons (Fsp3) is 0.593. The van der Waals surface area contributed by atoms with Gasteiger partial charge in [0.1, 0.15) is 11.6 Å². The van der Waals surface area contributed by atoms with Gasteiger partial charge in [-0.2, -0.15) is 0 Å². The van der Waals surface area contributed by atoms with Crippen molar-refractivity contribution in [3.05, 3.63) is 41.3 Å². The lowest BCUT2D eigenvalue weighted by atomic mass is 9.86. The lowest BCUT2D eigenvalue weighted by Gasteiger charge is -2.34. The highest BCUT2D eigenvalue weighted by Gasteiger charge is 2.62. The quantitative estimate of drug-likeness (QED) is 0.362. The number of aromatic nitrogens is 2. The summed E-state index contributed by atoms with van der Waals surface area (Å²) in [5.74, 6) is -3.67. The monoisotopic (exact) mass is 599 g/mol. The minimum atomic E-state index is -3.85. The molecule has 41 heavy (non-hydrogen) atoms. The molecular weight excluding hydrogens is 566 g/mol. The molecule has 2 aliphatic carbocycles. The van der Waals surface area contributed by atoms with Crippen LogP contribution in [0.5, 0.6) is 0 Å². The van der Waals surface area contributed by atoms with E-state index in [0.717, 1.165) is 0 Å². The van der Waals surface area contributed by atoms with Crippen LogP contribution in [-0.4, -0.2) is 67.2 Å². The van der Waals surface area contributed by atoms with Crippen molar-refractivity contribution in [3.8, 4) is 0 Å². The van der Waals surface area contributed by atoms with Gasteiger partial charge >= 0.3 is 0 Å². The van der Waals surface area contributed by atoms with Crippen molar-refractivity contribution < 1.29 is 35.9 Å². The minimum Gasteiger partial charge on any atom is -0.395 e. The van der Waals surface area contributed by atoms with Crippen LogP contribution in [0.1, 0.15) is 66.3 Å². The number of nitrogens with zero attached hydrogens (tertiary/aromatic N) is 3. The van der Waals surface area contributed by atoms with Gasteiger partial charge in [0.2, 0.25) is 22.4 Å². The van der Waals surface area contributed by atoms with Crippen molar-refractivity contribution in [1.29, 1.82) is 0 Å². The number of carbonyl (C=O) groups excluding carboxylic acids is 1. The van der Waals surface area contributed by atoms with Crippen LogP contribution in [0.15, 0.2) is 24.3 Å². The number of aliphatic hydroxyl groups excluding tert-OH is 1. The topological polar surface area (TPSA) is 125 Å². The molecule has 1 aliphatic heterocycles. The zero-order valence-corrected chi connectivity index (χ0v) is 23.4. The molecule has 0 unspecified atom stereocenters. The van der Waals surface area contributed by atoms with Crippen LogP contribution in [0.2, 0.25) is 0 Å². The van der Waals surface area contributed by atoms with Crippen LogP contribution < -0.4 is 14.9 Å². The van der Waals surface area contributed by atoms with E-state index in [1.807, 2.05) is 4.90 Å². The Balaban J connectivity index is 1.40. The molecule has 5 rings (SSSR count). The summed E-state index contributed by atoms with van der Waals surface area (Å²) >= 11 is 0. The predicted molar refractivity (Wildman–Crippen MR) is 145 cm³/mol. The van der Waals surface area contributed by atoms with Crippen molar-refractivity contribution in [1.82, 2.24) is 9.97 Å². The SMILES string of the molecule is Cc1cc(NC(=O)c2ccc(NS(=O)(=O)CCO)cc2N2CC[C@]3(C(F)F)C[C@@H]3C2)nc(C2CCC(F)(F)CC2)n1. The van der Waals surface area contributed by atoms with Gasteiger partial charge in [-0.1, -0.05) is 0 Å². The maximum atomic E-state index is 13.7. The van der Waals surface area contributed by atoms with E-state index in [1.54, 1.807) is 13.0 Å². The number of benzene rings is 1. The largest absolute Gasteiger partial charge is 0.395 e. The van der Waals surface area contributed by atoms with E-state index in [4.69, 9.17) is 5.11 Å². The Morgan fingerprint density at radius 1 is 1.17 bits per heavy atom. The normalized spacial score (nSPS) is 24.2. The smallest absolute Gasteiger partial charge is 0.258 e.